The lowest BCUT2D eigenvalue weighted by Gasteiger charge is -2.09. The van der Waals surface area contributed by atoms with Crippen molar-refractivity contribution in [3.63, 3.8) is 0 Å². The molecule has 2 aromatic carbocycles. The molecule has 0 radical (unpaired) electrons. The third kappa shape index (κ3) is 3.65. The molecule has 0 unspecified atom stereocenters. The van der Waals surface area contributed by atoms with Crippen LogP contribution in [0.3, 0.4) is 0 Å². The number of anilines is 1. The molecule has 0 aliphatic carbocycles. The summed E-state index contributed by atoms with van der Waals surface area (Å²) in [6.45, 7) is 3.79. The highest BCUT2D eigenvalue weighted by molar-refractivity contribution is 7.22. The molecule has 0 saturated heterocycles. The summed E-state index contributed by atoms with van der Waals surface area (Å²) in [5.74, 6) is 0.0641. The molecular weight excluding hydrogens is 315 g/mol. The summed E-state index contributed by atoms with van der Waals surface area (Å²) >= 11 is 1.23. The number of aromatic nitrogens is 1. The summed E-state index contributed by atoms with van der Waals surface area (Å²) in [7, 11) is 0. The monoisotopic (exact) mass is 330 g/mol. The number of nitrogens with one attached hydrogen (secondary N) is 1. The van der Waals surface area contributed by atoms with Gasteiger partial charge in [-0.25, -0.2) is 9.37 Å². The van der Waals surface area contributed by atoms with Crippen LogP contribution in [-0.2, 0) is 4.79 Å². The molecular formula is C17H15FN2O2S. The molecule has 0 bridgehead atoms. The van der Waals surface area contributed by atoms with E-state index < -0.39 is 0 Å². The highest BCUT2D eigenvalue weighted by Crippen LogP contribution is 2.26. The van der Waals surface area contributed by atoms with Gasteiger partial charge in [0.1, 0.15) is 11.6 Å². The number of carbonyl (C=O) groups is 1. The van der Waals surface area contributed by atoms with Gasteiger partial charge in [0.05, 0.1) is 10.2 Å². The van der Waals surface area contributed by atoms with Crippen molar-refractivity contribution in [2.45, 2.75) is 13.8 Å². The fraction of sp³-hybridized carbons (Fsp3) is 0.176. The second kappa shape index (κ2) is 6.34. The van der Waals surface area contributed by atoms with E-state index in [1.54, 1.807) is 6.07 Å². The normalized spacial score (nSPS) is 10.7. The quantitative estimate of drug-likeness (QED) is 0.784. The van der Waals surface area contributed by atoms with Crippen LogP contribution in [0.1, 0.15) is 11.1 Å². The number of rotatable bonds is 4. The van der Waals surface area contributed by atoms with E-state index in [4.69, 9.17) is 4.74 Å². The number of halogens is 1. The predicted octanol–water partition coefficient (Wildman–Crippen LogP) is 4.07. The van der Waals surface area contributed by atoms with Gasteiger partial charge in [-0.05, 0) is 49.2 Å². The molecule has 4 nitrogen and oxygen atoms in total. The fourth-order valence-electron chi connectivity index (χ4n) is 2.11. The standard InChI is InChI=1S/C17H15FN2O2S/c1-10-3-4-11(2)14(7-10)22-9-16(21)20-17-19-13-6-5-12(18)8-15(13)23-17/h3-8H,9H2,1-2H3,(H,19,20,21). The lowest BCUT2D eigenvalue weighted by atomic mass is 10.1. The van der Waals surface area contributed by atoms with Crippen LogP contribution < -0.4 is 10.1 Å². The molecule has 3 aromatic rings. The first-order valence-corrected chi connectivity index (χ1v) is 7.89. The van der Waals surface area contributed by atoms with Crippen molar-refractivity contribution in [3.05, 3.63) is 53.3 Å². The van der Waals surface area contributed by atoms with Crippen LogP contribution in [0.5, 0.6) is 5.75 Å². The van der Waals surface area contributed by atoms with Crippen LogP contribution in [-0.4, -0.2) is 17.5 Å². The van der Waals surface area contributed by atoms with Gasteiger partial charge in [-0.1, -0.05) is 23.5 Å². The Balaban J connectivity index is 1.65. The number of nitrogens with zero attached hydrogens (tertiary/aromatic N) is 1. The fourth-order valence-corrected chi connectivity index (χ4v) is 3.02. The van der Waals surface area contributed by atoms with E-state index in [1.165, 1.54) is 23.5 Å². The minimum absolute atomic E-state index is 0.103. The highest BCUT2D eigenvalue weighted by atomic mass is 32.1. The Morgan fingerprint density at radius 2 is 2.09 bits per heavy atom. The van der Waals surface area contributed by atoms with Gasteiger partial charge < -0.3 is 4.74 Å². The van der Waals surface area contributed by atoms with Gasteiger partial charge in [-0.3, -0.25) is 10.1 Å². The van der Waals surface area contributed by atoms with Gasteiger partial charge in [-0.2, -0.15) is 0 Å². The Morgan fingerprint density at radius 1 is 1.26 bits per heavy atom. The second-order valence-electron chi connectivity index (χ2n) is 5.24. The van der Waals surface area contributed by atoms with E-state index in [0.717, 1.165) is 11.1 Å². The first-order valence-electron chi connectivity index (χ1n) is 7.07. The Labute approximate surface area is 136 Å². The molecule has 118 valence electrons. The molecule has 0 fully saturated rings. The molecule has 0 aliphatic rings. The maximum Gasteiger partial charge on any atom is 0.264 e. The predicted molar refractivity (Wildman–Crippen MR) is 89.6 cm³/mol. The van der Waals surface area contributed by atoms with Crippen molar-refractivity contribution in [1.29, 1.82) is 0 Å². The van der Waals surface area contributed by atoms with Gasteiger partial charge >= 0.3 is 0 Å². The van der Waals surface area contributed by atoms with Crippen molar-refractivity contribution in [3.8, 4) is 5.75 Å². The largest absolute Gasteiger partial charge is 0.483 e. The minimum Gasteiger partial charge on any atom is -0.483 e. The van der Waals surface area contributed by atoms with Crippen LogP contribution in [0.4, 0.5) is 9.52 Å². The van der Waals surface area contributed by atoms with E-state index in [1.807, 2.05) is 32.0 Å². The molecule has 23 heavy (non-hydrogen) atoms. The molecule has 1 heterocycles. The SMILES string of the molecule is Cc1ccc(C)c(OCC(=O)Nc2nc3ccc(F)cc3s2)c1. The maximum absolute atomic E-state index is 13.2. The Bertz CT molecular complexity index is 876. The zero-order chi connectivity index (χ0) is 16.4. The van der Waals surface area contributed by atoms with E-state index in [9.17, 15) is 9.18 Å². The lowest BCUT2D eigenvalue weighted by Crippen LogP contribution is -2.20. The Hall–Kier alpha value is -2.47. The van der Waals surface area contributed by atoms with Crippen molar-refractivity contribution < 1.29 is 13.9 Å². The van der Waals surface area contributed by atoms with E-state index >= 15 is 0 Å². The van der Waals surface area contributed by atoms with Gasteiger partial charge in [-0.15, -0.1) is 0 Å². The molecule has 0 spiro atoms. The first-order chi connectivity index (χ1) is 11.0. The summed E-state index contributed by atoms with van der Waals surface area (Å²) in [6, 6.07) is 10.2. The molecule has 1 N–H and O–H groups in total. The van der Waals surface area contributed by atoms with E-state index in [2.05, 4.69) is 10.3 Å². The van der Waals surface area contributed by atoms with Crippen molar-refractivity contribution >= 4 is 32.6 Å². The molecule has 1 amide bonds. The highest BCUT2D eigenvalue weighted by Gasteiger charge is 2.10. The number of thiazole rings is 1. The van der Waals surface area contributed by atoms with Crippen molar-refractivity contribution in [2.24, 2.45) is 0 Å². The average molecular weight is 330 g/mol. The number of hydrogen-bond donors (Lipinski definition) is 1. The maximum atomic E-state index is 13.2. The lowest BCUT2D eigenvalue weighted by molar-refractivity contribution is -0.118. The summed E-state index contributed by atoms with van der Waals surface area (Å²) in [4.78, 5) is 16.2. The third-order valence-electron chi connectivity index (χ3n) is 3.30. The van der Waals surface area contributed by atoms with Gasteiger partial charge in [0.25, 0.3) is 5.91 Å². The van der Waals surface area contributed by atoms with Crippen LogP contribution in [0.15, 0.2) is 36.4 Å². The van der Waals surface area contributed by atoms with Crippen molar-refractivity contribution in [1.82, 2.24) is 4.98 Å². The number of hydrogen-bond acceptors (Lipinski definition) is 4. The topological polar surface area (TPSA) is 51.2 Å². The zero-order valence-electron chi connectivity index (χ0n) is 12.7. The van der Waals surface area contributed by atoms with Crippen LogP contribution in [0.2, 0.25) is 0 Å². The van der Waals surface area contributed by atoms with Crippen LogP contribution in [0, 0.1) is 19.7 Å². The molecule has 6 heteroatoms. The third-order valence-corrected chi connectivity index (χ3v) is 4.23. The van der Waals surface area contributed by atoms with Gasteiger partial charge in [0, 0.05) is 0 Å². The summed E-state index contributed by atoms with van der Waals surface area (Å²) in [5, 5.41) is 3.11. The molecule has 0 atom stereocenters. The number of aryl methyl sites for hydroxylation is 2. The number of amides is 1. The summed E-state index contributed by atoms with van der Waals surface area (Å²) in [6.07, 6.45) is 0. The van der Waals surface area contributed by atoms with Gasteiger partial charge in [0.2, 0.25) is 0 Å². The van der Waals surface area contributed by atoms with Crippen LogP contribution >= 0.6 is 11.3 Å². The number of carbonyl (C=O) groups excluding carboxylic acids is 1. The van der Waals surface area contributed by atoms with Crippen molar-refractivity contribution in [2.75, 3.05) is 11.9 Å². The van der Waals surface area contributed by atoms with Gasteiger partial charge in [0.15, 0.2) is 11.7 Å². The minimum atomic E-state index is -0.322. The van der Waals surface area contributed by atoms with Crippen LogP contribution in [0.25, 0.3) is 10.2 Å². The average Bonchev–Trinajstić information content (AvgIpc) is 2.89. The molecule has 3 rings (SSSR count). The molecule has 1 aromatic heterocycles. The Morgan fingerprint density at radius 3 is 2.91 bits per heavy atom. The Kier molecular flexibility index (Phi) is 4.25. The van der Waals surface area contributed by atoms with E-state index in [0.29, 0.717) is 21.1 Å². The zero-order valence-corrected chi connectivity index (χ0v) is 13.5. The molecule has 0 saturated carbocycles. The first kappa shape index (κ1) is 15.4. The van der Waals surface area contributed by atoms with E-state index in [-0.39, 0.29) is 18.3 Å². The number of ether oxygens (including phenoxy) is 1. The smallest absolute Gasteiger partial charge is 0.264 e. The number of fused-ring (bicyclic) bond motifs is 1. The second-order valence-corrected chi connectivity index (χ2v) is 6.27. The summed E-state index contributed by atoms with van der Waals surface area (Å²) < 4.78 is 19.4. The number of benzene rings is 2. The molecule has 0 aliphatic heterocycles. The summed E-state index contributed by atoms with van der Waals surface area (Å²) in [5.41, 5.74) is 2.69.